The molecule has 10 nitrogen and oxygen atoms in total. The van der Waals surface area contributed by atoms with Crippen molar-refractivity contribution in [3.05, 3.63) is 87.0 Å². The van der Waals surface area contributed by atoms with Gasteiger partial charge in [-0.15, -0.1) is 0 Å². The Kier molecular flexibility index (Phi) is 10.2. The van der Waals surface area contributed by atoms with E-state index in [-0.39, 0.29) is 24.0 Å². The number of aromatic nitrogens is 3. The molecule has 51 heavy (non-hydrogen) atoms. The fourth-order valence-corrected chi connectivity index (χ4v) is 7.91. The van der Waals surface area contributed by atoms with Gasteiger partial charge >= 0.3 is 0 Å². The fraction of sp³-hybridized carbons (Fsp3) is 0.316. The van der Waals surface area contributed by atoms with Crippen LogP contribution in [0.1, 0.15) is 36.9 Å². The van der Waals surface area contributed by atoms with E-state index in [0.717, 1.165) is 51.9 Å². The van der Waals surface area contributed by atoms with Crippen molar-refractivity contribution < 1.29 is 14.3 Å². The lowest BCUT2D eigenvalue weighted by Crippen LogP contribution is -2.40. The van der Waals surface area contributed by atoms with Crippen LogP contribution in [0.2, 0.25) is 15.1 Å². The molecule has 3 aromatic heterocycles. The number of amides is 2. The summed E-state index contributed by atoms with van der Waals surface area (Å²) in [5.41, 5.74) is 7.76. The molecule has 0 unspecified atom stereocenters. The molecule has 7 rings (SSSR count). The Balaban J connectivity index is 1.15. The molecule has 2 atom stereocenters. The number of carbonyl (C=O) groups excluding carboxylic acids is 2. The van der Waals surface area contributed by atoms with Crippen LogP contribution in [0.25, 0.3) is 44.7 Å². The van der Waals surface area contributed by atoms with Crippen molar-refractivity contribution >= 4 is 57.7 Å². The van der Waals surface area contributed by atoms with E-state index >= 15 is 0 Å². The van der Waals surface area contributed by atoms with Crippen LogP contribution >= 0.6 is 34.8 Å². The second kappa shape index (κ2) is 14.8. The maximum absolute atomic E-state index is 11.8. The van der Waals surface area contributed by atoms with E-state index in [1.807, 2.05) is 79.3 Å². The van der Waals surface area contributed by atoms with Crippen molar-refractivity contribution in [1.29, 1.82) is 0 Å². The topological polar surface area (TPSA) is 113 Å². The Morgan fingerprint density at radius 1 is 0.843 bits per heavy atom. The fourth-order valence-electron chi connectivity index (χ4n) is 6.93. The average Bonchev–Trinajstić information content (AvgIpc) is 3.83. The number of pyridine rings is 2. The van der Waals surface area contributed by atoms with Gasteiger partial charge in [-0.05, 0) is 38.1 Å². The summed E-state index contributed by atoms with van der Waals surface area (Å²) in [5.74, 6) is 0.662. The summed E-state index contributed by atoms with van der Waals surface area (Å²) in [5, 5.41) is 11.0. The van der Waals surface area contributed by atoms with E-state index in [9.17, 15) is 9.59 Å². The predicted molar refractivity (Wildman–Crippen MR) is 202 cm³/mol. The third kappa shape index (κ3) is 7.03. The van der Waals surface area contributed by atoms with Gasteiger partial charge in [0.15, 0.2) is 0 Å². The van der Waals surface area contributed by atoms with Crippen LogP contribution in [0.4, 0.5) is 0 Å². The summed E-state index contributed by atoms with van der Waals surface area (Å²) in [6, 6.07) is 19.6. The largest absolute Gasteiger partial charge is 0.481 e. The molecule has 0 bridgehead atoms. The van der Waals surface area contributed by atoms with Crippen molar-refractivity contribution in [1.82, 2.24) is 35.4 Å². The monoisotopic (exact) mass is 745 g/mol. The highest BCUT2D eigenvalue weighted by molar-refractivity contribution is 6.39. The molecule has 0 spiro atoms. The van der Waals surface area contributed by atoms with Gasteiger partial charge < -0.3 is 25.3 Å². The molecular formula is C38H38Cl3N7O3. The number of ether oxygens (including phenoxy) is 1. The molecule has 2 amide bonds. The third-order valence-corrected chi connectivity index (χ3v) is 11.0. The molecule has 2 aliphatic rings. The van der Waals surface area contributed by atoms with Gasteiger partial charge in [-0.3, -0.25) is 14.5 Å². The lowest BCUT2D eigenvalue weighted by molar-refractivity contribution is -0.120. The molecule has 0 radical (unpaired) electrons. The molecular weight excluding hydrogens is 709 g/mol. The summed E-state index contributed by atoms with van der Waals surface area (Å²) < 4.78 is 7.71. The van der Waals surface area contributed by atoms with E-state index < -0.39 is 0 Å². The molecule has 5 aromatic rings. The number of rotatable bonds is 11. The number of hydrogen-bond donors (Lipinski definition) is 3. The lowest BCUT2D eigenvalue weighted by atomic mass is 9.98. The van der Waals surface area contributed by atoms with Crippen molar-refractivity contribution in [3.63, 3.8) is 0 Å². The van der Waals surface area contributed by atoms with Gasteiger partial charge in [0.2, 0.25) is 17.7 Å². The summed E-state index contributed by atoms with van der Waals surface area (Å²) in [6.45, 7) is 1.78. The van der Waals surface area contributed by atoms with Crippen molar-refractivity contribution in [2.24, 2.45) is 7.05 Å². The second-order valence-corrected chi connectivity index (χ2v) is 14.2. The van der Waals surface area contributed by atoms with Gasteiger partial charge in [-0.1, -0.05) is 77.3 Å². The number of benzene rings is 2. The maximum atomic E-state index is 11.8. The molecule has 264 valence electrons. The highest BCUT2D eigenvalue weighted by Crippen LogP contribution is 2.43. The number of halogens is 3. The highest BCUT2D eigenvalue weighted by Gasteiger charge is 2.27. The molecule has 3 N–H and O–H groups in total. The van der Waals surface area contributed by atoms with Crippen LogP contribution in [0, 0.1) is 0 Å². The number of carbonyl (C=O) groups is 2. The Morgan fingerprint density at radius 3 is 2.10 bits per heavy atom. The average molecular weight is 747 g/mol. The van der Waals surface area contributed by atoms with Crippen LogP contribution in [0.5, 0.6) is 5.88 Å². The molecule has 0 saturated carbocycles. The minimum absolute atomic E-state index is 0.0275. The van der Waals surface area contributed by atoms with Crippen LogP contribution in [0.15, 0.2) is 60.7 Å². The van der Waals surface area contributed by atoms with Crippen LogP contribution in [-0.4, -0.2) is 64.2 Å². The summed E-state index contributed by atoms with van der Waals surface area (Å²) in [7, 11) is 5.55. The molecule has 2 aromatic carbocycles. The SMILES string of the molecule is COc1nc(-c2cccc(-c3cccc(-c4ccc5c(n4)c(Cl)c(CN(C)[C@H]4CCC(=O)N4)n5C)c3Cl)c2Cl)ccc1CNC[C@@H]1CCC(=O)N1. The van der Waals surface area contributed by atoms with Gasteiger partial charge in [-0.25, -0.2) is 9.97 Å². The number of methoxy groups -OCH3 is 1. The molecule has 13 heteroatoms. The number of hydrogen-bond acceptors (Lipinski definition) is 7. The first kappa shape index (κ1) is 35.2. The number of aryl methyl sites for hydroxylation is 1. The van der Waals surface area contributed by atoms with Gasteiger partial charge in [0, 0.05) is 73.4 Å². The molecule has 2 saturated heterocycles. The Labute approximate surface area is 311 Å². The van der Waals surface area contributed by atoms with Crippen LogP contribution in [-0.2, 0) is 29.7 Å². The van der Waals surface area contributed by atoms with E-state index in [1.54, 1.807) is 7.11 Å². The number of fused-ring (bicyclic) bond motifs is 1. The standard InChI is InChI=1S/C38H38Cl3N7O3/c1-47(31-15-17-33(50)46-31)20-30-36(41)37-29(48(30)2)14-13-27(44-37)25-8-4-6-23(34(25)39)24-7-5-9-26(35(24)40)28-12-10-21(38(45-28)51-3)18-42-19-22-11-16-32(49)43-22/h4-10,12-14,22,31,42H,11,15-20H2,1-3H3,(H,43,49)(H,46,50)/t22-,31-/m0/s1. The zero-order valence-corrected chi connectivity index (χ0v) is 30.8. The first-order chi connectivity index (χ1) is 24.6. The van der Waals surface area contributed by atoms with Gasteiger partial charge in [0.25, 0.3) is 0 Å². The summed E-state index contributed by atoms with van der Waals surface area (Å²) in [6.07, 6.45) is 2.66. The van der Waals surface area contributed by atoms with Crippen molar-refractivity contribution in [2.75, 3.05) is 20.7 Å². The molecule has 0 aliphatic carbocycles. The summed E-state index contributed by atoms with van der Waals surface area (Å²) >= 11 is 21.2. The maximum Gasteiger partial charge on any atom is 0.221 e. The third-order valence-electron chi connectivity index (χ3n) is 9.77. The Bertz CT molecular complexity index is 2150. The lowest BCUT2D eigenvalue weighted by Gasteiger charge is -2.24. The van der Waals surface area contributed by atoms with E-state index in [4.69, 9.17) is 49.5 Å². The number of nitrogens with one attached hydrogen (secondary N) is 3. The summed E-state index contributed by atoms with van der Waals surface area (Å²) in [4.78, 5) is 35.2. The molecule has 5 heterocycles. The minimum Gasteiger partial charge on any atom is -0.481 e. The first-order valence-electron chi connectivity index (χ1n) is 16.9. The normalized spacial score (nSPS) is 17.4. The van der Waals surface area contributed by atoms with Gasteiger partial charge in [0.1, 0.15) is 5.52 Å². The van der Waals surface area contributed by atoms with Crippen LogP contribution < -0.4 is 20.7 Å². The molecule has 2 fully saturated rings. The number of nitrogens with zero attached hydrogens (tertiary/aromatic N) is 4. The minimum atomic E-state index is -0.0275. The van der Waals surface area contributed by atoms with Gasteiger partial charge in [-0.2, -0.15) is 0 Å². The smallest absolute Gasteiger partial charge is 0.221 e. The van der Waals surface area contributed by atoms with E-state index in [2.05, 4.69) is 20.9 Å². The van der Waals surface area contributed by atoms with Crippen molar-refractivity contribution in [3.8, 4) is 39.5 Å². The van der Waals surface area contributed by atoms with Gasteiger partial charge in [0.05, 0.1) is 50.9 Å². The predicted octanol–water partition coefficient (Wildman–Crippen LogP) is 6.97. The van der Waals surface area contributed by atoms with E-state index in [1.165, 1.54) is 0 Å². The zero-order chi connectivity index (χ0) is 35.8. The van der Waals surface area contributed by atoms with E-state index in [0.29, 0.717) is 70.3 Å². The Hall–Kier alpha value is -4.19. The zero-order valence-electron chi connectivity index (χ0n) is 28.5. The second-order valence-electron chi connectivity index (χ2n) is 13.1. The highest BCUT2D eigenvalue weighted by atomic mass is 35.5. The Morgan fingerprint density at radius 2 is 1.47 bits per heavy atom. The van der Waals surface area contributed by atoms with Crippen molar-refractivity contribution in [2.45, 2.75) is 51.0 Å². The quantitative estimate of drug-likeness (QED) is 0.134. The first-order valence-corrected chi connectivity index (χ1v) is 18.0. The molecule has 2 aliphatic heterocycles. The van der Waals surface area contributed by atoms with Crippen LogP contribution in [0.3, 0.4) is 0 Å².